The number of aromatic nitrogens is 2. The molecule has 2 atom stereocenters. The number of rotatable bonds is 3. The molecule has 5 nitrogen and oxygen atoms in total. The van der Waals surface area contributed by atoms with Gasteiger partial charge in [0.1, 0.15) is 5.38 Å². The Morgan fingerprint density at radius 1 is 1.60 bits per heavy atom. The third kappa shape index (κ3) is 2.23. The van der Waals surface area contributed by atoms with Crippen molar-refractivity contribution >= 4 is 17.6 Å². The molecule has 0 amide bonds. The lowest BCUT2D eigenvalue weighted by atomic mass is 10.3. The summed E-state index contributed by atoms with van der Waals surface area (Å²) in [6.07, 6.45) is 1.25. The van der Waals surface area contributed by atoms with Crippen molar-refractivity contribution in [2.75, 3.05) is 25.1 Å². The summed E-state index contributed by atoms with van der Waals surface area (Å²) in [5, 5.41) is 7.59. The molecule has 0 saturated carbocycles. The third-order valence-electron chi connectivity index (χ3n) is 2.52. The first-order valence-corrected chi connectivity index (χ1v) is 5.39. The van der Waals surface area contributed by atoms with Crippen LogP contribution in [0.15, 0.2) is 4.42 Å². The standard InChI is InChI=1S/C9H14ClN3O2/c1-6(10)8-11-12-9(15-8)13-4-3-7(5-13)14-2/h6-7H,3-5H2,1-2H3. The summed E-state index contributed by atoms with van der Waals surface area (Å²) in [5.41, 5.74) is 0. The van der Waals surface area contributed by atoms with Crippen LogP contribution < -0.4 is 4.90 Å². The summed E-state index contributed by atoms with van der Waals surface area (Å²) >= 11 is 5.84. The van der Waals surface area contributed by atoms with Crippen LogP contribution in [0.3, 0.4) is 0 Å². The van der Waals surface area contributed by atoms with Crippen LogP contribution in [-0.4, -0.2) is 36.5 Å². The lowest BCUT2D eigenvalue weighted by Crippen LogP contribution is -2.22. The van der Waals surface area contributed by atoms with E-state index < -0.39 is 0 Å². The summed E-state index contributed by atoms with van der Waals surface area (Å²) in [6.45, 7) is 3.49. The van der Waals surface area contributed by atoms with Crippen LogP contribution in [0.1, 0.15) is 24.6 Å². The first-order chi connectivity index (χ1) is 7.20. The van der Waals surface area contributed by atoms with Crippen molar-refractivity contribution in [3.05, 3.63) is 5.89 Å². The molecule has 2 unspecified atom stereocenters. The van der Waals surface area contributed by atoms with Crippen molar-refractivity contribution in [2.24, 2.45) is 0 Å². The first kappa shape index (κ1) is 10.7. The van der Waals surface area contributed by atoms with Gasteiger partial charge in [-0.25, -0.2) is 0 Å². The maximum atomic E-state index is 5.84. The second-order valence-corrected chi connectivity index (χ2v) is 4.29. The Morgan fingerprint density at radius 2 is 2.40 bits per heavy atom. The van der Waals surface area contributed by atoms with E-state index >= 15 is 0 Å². The molecule has 1 aromatic rings. The van der Waals surface area contributed by atoms with Crippen molar-refractivity contribution in [3.8, 4) is 0 Å². The second-order valence-electron chi connectivity index (χ2n) is 3.63. The van der Waals surface area contributed by atoms with E-state index in [1.807, 2.05) is 4.90 Å². The minimum Gasteiger partial charge on any atom is -0.406 e. The number of nitrogens with zero attached hydrogens (tertiary/aromatic N) is 3. The molecule has 0 spiro atoms. The molecule has 1 fully saturated rings. The summed E-state index contributed by atoms with van der Waals surface area (Å²) < 4.78 is 10.7. The maximum Gasteiger partial charge on any atom is 0.318 e. The lowest BCUT2D eigenvalue weighted by molar-refractivity contribution is 0.121. The van der Waals surface area contributed by atoms with Crippen molar-refractivity contribution in [2.45, 2.75) is 24.8 Å². The van der Waals surface area contributed by atoms with Crippen LogP contribution in [-0.2, 0) is 4.74 Å². The van der Waals surface area contributed by atoms with Gasteiger partial charge in [0.15, 0.2) is 0 Å². The molecule has 2 heterocycles. The van der Waals surface area contributed by atoms with Gasteiger partial charge < -0.3 is 14.1 Å². The van der Waals surface area contributed by atoms with Crippen LogP contribution in [0.5, 0.6) is 0 Å². The van der Waals surface area contributed by atoms with Gasteiger partial charge in [-0.15, -0.1) is 16.7 Å². The van der Waals surface area contributed by atoms with Crippen LogP contribution in [0, 0.1) is 0 Å². The highest BCUT2D eigenvalue weighted by Crippen LogP contribution is 2.24. The molecule has 0 bridgehead atoms. The molecule has 1 saturated heterocycles. The topological polar surface area (TPSA) is 51.4 Å². The molecular weight excluding hydrogens is 218 g/mol. The number of alkyl halides is 1. The Kier molecular flexibility index (Phi) is 3.11. The predicted octanol–water partition coefficient (Wildman–Crippen LogP) is 1.59. The fourth-order valence-electron chi connectivity index (χ4n) is 1.61. The van der Waals surface area contributed by atoms with E-state index in [0.717, 1.165) is 19.5 Å². The highest BCUT2D eigenvalue weighted by molar-refractivity contribution is 6.20. The molecule has 0 radical (unpaired) electrons. The molecule has 1 aromatic heterocycles. The molecule has 1 aliphatic heterocycles. The molecule has 0 aromatic carbocycles. The van der Waals surface area contributed by atoms with Gasteiger partial charge in [0, 0.05) is 20.2 Å². The van der Waals surface area contributed by atoms with Crippen molar-refractivity contribution in [1.82, 2.24) is 10.2 Å². The molecule has 2 rings (SSSR count). The van der Waals surface area contributed by atoms with Gasteiger partial charge >= 0.3 is 6.01 Å². The number of halogens is 1. The van der Waals surface area contributed by atoms with Gasteiger partial charge in [0.25, 0.3) is 0 Å². The van der Waals surface area contributed by atoms with Crippen molar-refractivity contribution in [1.29, 1.82) is 0 Å². The van der Waals surface area contributed by atoms with Gasteiger partial charge in [-0.2, -0.15) is 0 Å². The SMILES string of the molecule is COC1CCN(c2nnc(C(C)Cl)o2)C1. The Labute approximate surface area is 93.4 Å². The van der Waals surface area contributed by atoms with E-state index in [2.05, 4.69) is 10.2 Å². The van der Waals surface area contributed by atoms with Crippen LogP contribution in [0.2, 0.25) is 0 Å². The summed E-state index contributed by atoms with van der Waals surface area (Å²) in [5.74, 6) is 0.465. The number of anilines is 1. The summed E-state index contributed by atoms with van der Waals surface area (Å²) in [6, 6.07) is 0.539. The minimum atomic E-state index is -0.243. The van der Waals surface area contributed by atoms with E-state index in [-0.39, 0.29) is 11.5 Å². The number of ether oxygens (including phenoxy) is 1. The van der Waals surface area contributed by atoms with E-state index in [1.165, 1.54) is 0 Å². The first-order valence-electron chi connectivity index (χ1n) is 4.96. The second kappa shape index (κ2) is 4.37. The fourth-order valence-corrected chi connectivity index (χ4v) is 1.70. The number of methoxy groups -OCH3 is 1. The van der Waals surface area contributed by atoms with Gasteiger partial charge in [0.05, 0.1) is 6.10 Å². The Bertz CT molecular complexity index is 329. The van der Waals surface area contributed by atoms with Gasteiger partial charge in [-0.3, -0.25) is 0 Å². The van der Waals surface area contributed by atoms with Crippen LogP contribution >= 0.6 is 11.6 Å². The monoisotopic (exact) mass is 231 g/mol. The summed E-state index contributed by atoms with van der Waals surface area (Å²) in [7, 11) is 1.72. The smallest absolute Gasteiger partial charge is 0.318 e. The van der Waals surface area contributed by atoms with Gasteiger partial charge in [-0.1, -0.05) is 5.10 Å². The highest BCUT2D eigenvalue weighted by atomic mass is 35.5. The molecule has 1 aliphatic rings. The maximum absolute atomic E-state index is 5.84. The largest absolute Gasteiger partial charge is 0.406 e. The zero-order chi connectivity index (χ0) is 10.8. The molecule has 0 aliphatic carbocycles. The Morgan fingerprint density at radius 3 is 2.93 bits per heavy atom. The Hall–Kier alpha value is -0.810. The minimum absolute atomic E-state index is 0.243. The Balaban J connectivity index is 2.04. The van der Waals surface area contributed by atoms with Gasteiger partial charge in [0.2, 0.25) is 5.89 Å². The number of hydrogen-bond donors (Lipinski definition) is 0. The number of hydrogen-bond acceptors (Lipinski definition) is 5. The molecule has 6 heteroatoms. The normalized spacial score (nSPS) is 23.4. The highest BCUT2D eigenvalue weighted by Gasteiger charge is 2.26. The summed E-state index contributed by atoms with van der Waals surface area (Å²) in [4.78, 5) is 2.02. The fraction of sp³-hybridized carbons (Fsp3) is 0.778. The molecular formula is C9H14ClN3O2. The van der Waals surface area contributed by atoms with E-state index in [9.17, 15) is 0 Å². The van der Waals surface area contributed by atoms with Gasteiger partial charge in [-0.05, 0) is 13.3 Å². The van der Waals surface area contributed by atoms with E-state index in [1.54, 1.807) is 14.0 Å². The van der Waals surface area contributed by atoms with Crippen LogP contribution in [0.25, 0.3) is 0 Å². The lowest BCUT2D eigenvalue weighted by Gasteiger charge is -2.11. The molecule has 0 N–H and O–H groups in total. The zero-order valence-electron chi connectivity index (χ0n) is 8.81. The third-order valence-corrected chi connectivity index (χ3v) is 2.71. The quantitative estimate of drug-likeness (QED) is 0.740. The average molecular weight is 232 g/mol. The van der Waals surface area contributed by atoms with E-state index in [0.29, 0.717) is 11.9 Å². The van der Waals surface area contributed by atoms with E-state index in [4.69, 9.17) is 20.8 Å². The predicted molar refractivity (Wildman–Crippen MR) is 56.2 cm³/mol. The van der Waals surface area contributed by atoms with Crippen molar-refractivity contribution < 1.29 is 9.15 Å². The van der Waals surface area contributed by atoms with Crippen LogP contribution in [0.4, 0.5) is 6.01 Å². The molecule has 84 valence electrons. The average Bonchev–Trinajstić information content (AvgIpc) is 2.86. The zero-order valence-corrected chi connectivity index (χ0v) is 9.57. The molecule has 15 heavy (non-hydrogen) atoms. The van der Waals surface area contributed by atoms with Crippen molar-refractivity contribution in [3.63, 3.8) is 0 Å².